The molecule has 180 valence electrons. The quantitative estimate of drug-likeness (QED) is 0.438. The molecule has 1 saturated heterocycles. The molecule has 1 aliphatic rings. The van der Waals surface area contributed by atoms with Crippen LogP contribution in [0, 0.1) is 18.8 Å². The first-order chi connectivity index (χ1) is 17.6. The number of likely N-dealkylation sites (tertiary alicyclic amines) is 1. The standard InChI is InChI=1S/C28H26N6O2/c1-3-8-25(35)33-16-7-5-9-22(33)27-32-26(23-18-29-17-19(2)34(23)27)20-11-13-21(14-12-20)28(36)31-24-10-4-6-15-30-24/h4,6,10-15,17-18,22H,5,7,9,16H2,1-2H3,(H,30,31,36). The van der Waals surface area contributed by atoms with E-state index < -0.39 is 0 Å². The zero-order chi connectivity index (χ0) is 25.1. The van der Waals surface area contributed by atoms with Crippen molar-refractivity contribution in [3.8, 4) is 23.1 Å². The summed E-state index contributed by atoms with van der Waals surface area (Å²) in [4.78, 5) is 40.9. The maximum atomic E-state index is 12.8. The SMILES string of the molecule is CC#CC(=O)N1CCCCC1c1nc(-c2ccc(C(=O)Nc3ccccn3)cc2)c2cncc(C)n12. The van der Waals surface area contributed by atoms with Crippen LogP contribution in [-0.2, 0) is 4.79 Å². The van der Waals surface area contributed by atoms with Crippen LogP contribution in [0.2, 0.25) is 0 Å². The fraction of sp³-hybridized carbons (Fsp3) is 0.250. The molecule has 4 aromatic rings. The van der Waals surface area contributed by atoms with E-state index in [1.807, 2.05) is 30.0 Å². The Balaban J connectivity index is 1.51. The Labute approximate surface area is 209 Å². The first-order valence-corrected chi connectivity index (χ1v) is 12.0. The van der Waals surface area contributed by atoms with Gasteiger partial charge >= 0.3 is 0 Å². The van der Waals surface area contributed by atoms with Gasteiger partial charge in [0.15, 0.2) is 0 Å². The number of benzene rings is 1. The molecule has 36 heavy (non-hydrogen) atoms. The van der Waals surface area contributed by atoms with Crippen LogP contribution in [0.25, 0.3) is 16.8 Å². The van der Waals surface area contributed by atoms with Crippen molar-refractivity contribution in [3.63, 3.8) is 0 Å². The predicted molar refractivity (Wildman–Crippen MR) is 137 cm³/mol. The molecule has 1 unspecified atom stereocenters. The number of imidazole rings is 1. The molecule has 8 nitrogen and oxygen atoms in total. The van der Waals surface area contributed by atoms with Crippen LogP contribution in [0.15, 0.2) is 61.1 Å². The van der Waals surface area contributed by atoms with E-state index in [2.05, 4.69) is 31.5 Å². The van der Waals surface area contributed by atoms with E-state index in [0.29, 0.717) is 17.9 Å². The van der Waals surface area contributed by atoms with Crippen molar-refractivity contribution < 1.29 is 9.59 Å². The number of nitrogens with zero attached hydrogens (tertiary/aromatic N) is 5. The van der Waals surface area contributed by atoms with E-state index in [0.717, 1.165) is 47.6 Å². The minimum Gasteiger partial charge on any atom is -0.322 e. The van der Waals surface area contributed by atoms with Crippen molar-refractivity contribution in [1.29, 1.82) is 0 Å². The molecule has 2 amide bonds. The number of carbonyl (C=O) groups excluding carboxylic acids is 2. The monoisotopic (exact) mass is 478 g/mol. The summed E-state index contributed by atoms with van der Waals surface area (Å²) < 4.78 is 2.08. The topological polar surface area (TPSA) is 92.5 Å². The van der Waals surface area contributed by atoms with E-state index in [-0.39, 0.29) is 17.9 Å². The molecular weight excluding hydrogens is 452 g/mol. The molecule has 0 bridgehead atoms. The Morgan fingerprint density at radius 2 is 1.92 bits per heavy atom. The van der Waals surface area contributed by atoms with Gasteiger partial charge in [0.25, 0.3) is 11.8 Å². The number of hydrogen-bond acceptors (Lipinski definition) is 5. The Kier molecular flexibility index (Phi) is 6.46. The molecule has 0 radical (unpaired) electrons. The van der Waals surface area contributed by atoms with Crippen molar-refractivity contribution in [1.82, 2.24) is 24.3 Å². The number of pyridine rings is 1. The van der Waals surface area contributed by atoms with Gasteiger partial charge in [-0.15, -0.1) is 0 Å². The van der Waals surface area contributed by atoms with Gasteiger partial charge in [-0.25, -0.2) is 9.97 Å². The van der Waals surface area contributed by atoms with Crippen LogP contribution in [0.3, 0.4) is 0 Å². The molecular formula is C28H26N6O2. The van der Waals surface area contributed by atoms with Gasteiger partial charge in [-0.05, 0) is 63.3 Å². The maximum Gasteiger partial charge on any atom is 0.299 e. The lowest BCUT2D eigenvalue weighted by Crippen LogP contribution is -2.38. The summed E-state index contributed by atoms with van der Waals surface area (Å²) in [7, 11) is 0. The summed E-state index contributed by atoms with van der Waals surface area (Å²) in [6.07, 6.45) is 8.01. The van der Waals surface area contributed by atoms with Crippen molar-refractivity contribution >= 4 is 23.1 Å². The molecule has 1 atom stereocenters. The number of amides is 2. The molecule has 1 N–H and O–H groups in total. The third kappa shape index (κ3) is 4.43. The van der Waals surface area contributed by atoms with Gasteiger partial charge in [0.2, 0.25) is 0 Å². The minimum atomic E-state index is -0.235. The van der Waals surface area contributed by atoms with Gasteiger partial charge in [-0.2, -0.15) is 0 Å². The third-order valence-corrected chi connectivity index (χ3v) is 6.37. The summed E-state index contributed by atoms with van der Waals surface area (Å²) in [6.45, 7) is 4.32. The van der Waals surface area contributed by atoms with Gasteiger partial charge in [-0.1, -0.05) is 24.1 Å². The molecule has 4 heterocycles. The smallest absolute Gasteiger partial charge is 0.299 e. The highest BCUT2D eigenvalue weighted by atomic mass is 16.2. The van der Waals surface area contributed by atoms with Crippen LogP contribution in [0.4, 0.5) is 5.82 Å². The second kappa shape index (κ2) is 10.0. The first kappa shape index (κ1) is 23.2. The van der Waals surface area contributed by atoms with Crippen LogP contribution in [-0.4, -0.2) is 42.6 Å². The Morgan fingerprint density at radius 1 is 1.08 bits per heavy atom. The Morgan fingerprint density at radius 3 is 2.67 bits per heavy atom. The molecule has 0 saturated carbocycles. The summed E-state index contributed by atoms with van der Waals surface area (Å²) in [5.74, 6) is 6.33. The highest BCUT2D eigenvalue weighted by molar-refractivity contribution is 6.04. The molecule has 1 fully saturated rings. The number of aromatic nitrogens is 4. The van der Waals surface area contributed by atoms with E-state index in [4.69, 9.17) is 4.98 Å². The summed E-state index contributed by atoms with van der Waals surface area (Å²) in [5.41, 5.74) is 3.94. The van der Waals surface area contributed by atoms with Gasteiger partial charge in [0, 0.05) is 35.8 Å². The number of nitrogens with one attached hydrogen (secondary N) is 1. The average Bonchev–Trinajstić information content (AvgIpc) is 3.30. The second-order valence-corrected chi connectivity index (χ2v) is 8.72. The van der Waals surface area contributed by atoms with Crippen molar-refractivity contribution in [3.05, 3.63) is 78.1 Å². The number of hydrogen-bond donors (Lipinski definition) is 1. The van der Waals surface area contributed by atoms with Gasteiger partial charge < -0.3 is 10.2 Å². The van der Waals surface area contributed by atoms with E-state index in [9.17, 15) is 9.59 Å². The van der Waals surface area contributed by atoms with Gasteiger partial charge in [0.1, 0.15) is 11.6 Å². The Bertz CT molecular complexity index is 1480. The minimum absolute atomic E-state index is 0.169. The number of carbonyl (C=O) groups is 2. The number of piperidine rings is 1. The van der Waals surface area contributed by atoms with E-state index >= 15 is 0 Å². The maximum absolute atomic E-state index is 12.8. The molecule has 0 aliphatic carbocycles. The largest absolute Gasteiger partial charge is 0.322 e. The van der Waals surface area contributed by atoms with Gasteiger partial charge in [0.05, 0.1) is 23.4 Å². The zero-order valence-electron chi connectivity index (χ0n) is 20.2. The van der Waals surface area contributed by atoms with Gasteiger partial charge in [-0.3, -0.25) is 19.0 Å². The zero-order valence-corrected chi connectivity index (χ0v) is 20.2. The molecule has 1 aromatic carbocycles. The fourth-order valence-corrected chi connectivity index (χ4v) is 4.68. The molecule has 0 spiro atoms. The van der Waals surface area contributed by atoms with Crippen LogP contribution < -0.4 is 5.32 Å². The second-order valence-electron chi connectivity index (χ2n) is 8.72. The molecule has 8 heteroatoms. The highest BCUT2D eigenvalue weighted by Crippen LogP contribution is 2.35. The normalized spacial score (nSPS) is 15.3. The summed E-state index contributed by atoms with van der Waals surface area (Å²) in [5, 5.41) is 2.80. The average molecular weight is 479 g/mol. The van der Waals surface area contributed by atoms with Crippen LogP contribution in [0.1, 0.15) is 54.1 Å². The molecule has 3 aromatic heterocycles. The number of fused-ring (bicyclic) bond motifs is 1. The van der Waals surface area contributed by atoms with E-state index in [1.165, 1.54) is 0 Å². The number of aryl methyl sites for hydroxylation is 1. The van der Waals surface area contributed by atoms with Crippen molar-refractivity contribution in [2.75, 3.05) is 11.9 Å². The van der Waals surface area contributed by atoms with Crippen LogP contribution in [0.5, 0.6) is 0 Å². The highest BCUT2D eigenvalue weighted by Gasteiger charge is 2.32. The lowest BCUT2D eigenvalue weighted by atomic mass is 10.0. The van der Waals surface area contributed by atoms with Crippen molar-refractivity contribution in [2.24, 2.45) is 0 Å². The number of anilines is 1. The fourth-order valence-electron chi connectivity index (χ4n) is 4.68. The van der Waals surface area contributed by atoms with Crippen molar-refractivity contribution in [2.45, 2.75) is 39.2 Å². The van der Waals surface area contributed by atoms with E-state index in [1.54, 1.807) is 49.8 Å². The summed E-state index contributed by atoms with van der Waals surface area (Å²) in [6, 6.07) is 12.5. The molecule has 1 aliphatic heterocycles. The first-order valence-electron chi connectivity index (χ1n) is 12.0. The lowest BCUT2D eigenvalue weighted by Gasteiger charge is -2.33. The number of rotatable bonds is 4. The third-order valence-electron chi connectivity index (χ3n) is 6.37. The predicted octanol–water partition coefficient (Wildman–Crippen LogP) is 4.43. The summed E-state index contributed by atoms with van der Waals surface area (Å²) >= 11 is 0. The van der Waals surface area contributed by atoms with Crippen LogP contribution >= 0.6 is 0 Å². The lowest BCUT2D eigenvalue weighted by molar-refractivity contribution is -0.129. The Hall–Kier alpha value is -4.51. The molecule has 5 rings (SSSR count).